The number of rotatable bonds is 5. The van der Waals surface area contributed by atoms with Crippen LogP contribution in [-0.2, 0) is 0 Å². The van der Waals surface area contributed by atoms with Crippen LogP contribution in [0.4, 0.5) is 5.69 Å². The summed E-state index contributed by atoms with van der Waals surface area (Å²) in [6.45, 7) is 3.75. The first-order valence-corrected chi connectivity index (χ1v) is 5.07. The number of methoxy groups -OCH3 is 1. The molecule has 0 amide bonds. The SMILES string of the molecule is COc1ccc(OCC(C)(C)N)c([N+](=O)[O-])c1. The molecule has 0 aliphatic carbocycles. The van der Waals surface area contributed by atoms with Crippen LogP contribution >= 0.6 is 0 Å². The Morgan fingerprint density at radius 1 is 1.47 bits per heavy atom. The van der Waals surface area contributed by atoms with Crippen LogP contribution in [0.3, 0.4) is 0 Å². The number of nitro groups is 1. The van der Waals surface area contributed by atoms with E-state index in [4.69, 9.17) is 15.2 Å². The Labute approximate surface area is 99.5 Å². The van der Waals surface area contributed by atoms with E-state index in [-0.39, 0.29) is 18.0 Å². The van der Waals surface area contributed by atoms with Gasteiger partial charge in [0.15, 0.2) is 5.75 Å². The van der Waals surface area contributed by atoms with Crippen LogP contribution in [0.2, 0.25) is 0 Å². The average molecular weight is 240 g/mol. The summed E-state index contributed by atoms with van der Waals surface area (Å²) in [5.74, 6) is 0.602. The minimum Gasteiger partial charge on any atom is -0.496 e. The highest BCUT2D eigenvalue weighted by atomic mass is 16.6. The molecule has 0 bridgehead atoms. The molecular formula is C11H16N2O4. The van der Waals surface area contributed by atoms with Crippen molar-refractivity contribution in [2.24, 2.45) is 5.73 Å². The molecule has 0 aliphatic rings. The molecule has 0 aromatic heterocycles. The van der Waals surface area contributed by atoms with E-state index in [0.717, 1.165) is 0 Å². The van der Waals surface area contributed by atoms with E-state index >= 15 is 0 Å². The quantitative estimate of drug-likeness (QED) is 0.625. The molecule has 0 unspecified atom stereocenters. The van der Waals surface area contributed by atoms with Gasteiger partial charge in [0, 0.05) is 5.54 Å². The monoisotopic (exact) mass is 240 g/mol. The topological polar surface area (TPSA) is 87.6 Å². The summed E-state index contributed by atoms with van der Waals surface area (Å²) in [4.78, 5) is 10.3. The predicted octanol–water partition coefficient (Wildman–Crippen LogP) is 1.72. The van der Waals surface area contributed by atoms with Crippen molar-refractivity contribution in [3.05, 3.63) is 28.3 Å². The Balaban J connectivity index is 2.95. The number of hydrogen-bond donors (Lipinski definition) is 1. The summed E-state index contributed by atoms with van der Waals surface area (Å²) in [6.07, 6.45) is 0. The number of nitro benzene ring substituents is 1. The third-order valence-electron chi connectivity index (χ3n) is 1.96. The Hall–Kier alpha value is -1.82. The average Bonchev–Trinajstić information content (AvgIpc) is 2.25. The van der Waals surface area contributed by atoms with Gasteiger partial charge >= 0.3 is 5.69 Å². The molecule has 17 heavy (non-hydrogen) atoms. The molecule has 2 N–H and O–H groups in total. The second-order valence-corrected chi connectivity index (χ2v) is 4.37. The Morgan fingerprint density at radius 2 is 2.12 bits per heavy atom. The van der Waals surface area contributed by atoms with Gasteiger partial charge in [0.05, 0.1) is 18.1 Å². The van der Waals surface area contributed by atoms with Gasteiger partial charge in [0.1, 0.15) is 12.4 Å². The second kappa shape index (κ2) is 5.01. The molecule has 1 aromatic rings. The van der Waals surface area contributed by atoms with E-state index in [1.165, 1.54) is 19.2 Å². The lowest BCUT2D eigenvalue weighted by Crippen LogP contribution is -2.38. The van der Waals surface area contributed by atoms with Crippen molar-refractivity contribution in [2.45, 2.75) is 19.4 Å². The largest absolute Gasteiger partial charge is 0.496 e. The smallest absolute Gasteiger partial charge is 0.314 e. The van der Waals surface area contributed by atoms with Gasteiger partial charge < -0.3 is 15.2 Å². The molecule has 0 aliphatic heterocycles. The molecule has 0 spiro atoms. The molecule has 0 radical (unpaired) electrons. The van der Waals surface area contributed by atoms with Crippen molar-refractivity contribution in [3.63, 3.8) is 0 Å². The summed E-state index contributed by atoms with van der Waals surface area (Å²) in [6, 6.07) is 4.42. The van der Waals surface area contributed by atoms with Gasteiger partial charge in [-0.3, -0.25) is 10.1 Å². The van der Waals surface area contributed by atoms with E-state index in [1.807, 2.05) is 0 Å². The fraction of sp³-hybridized carbons (Fsp3) is 0.455. The maximum atomic E-state index is 10.9. The molecule has 6 heteroatoms. The standard InChI is InChI=1S/C11H16N2O4/c1-11(2,12)7-17-10-5-4-8(16-3)6-9(10)13(14)15/h4-6H,7,12H2,1-3H3. The first-order chi connectivity index (χ1) is 7.83. The molecule has 0 atom stereocenters. The van der Waals surface area contributed by atoms with Crippen LogP contribution in [0.25, 0.3) is 0 Å². The Morgan fingerprint density at radius 3 is 2.59 bits per heavy atom. The number of hydrogen-bond acceptors (Lipinski definition) is 5. The van der Waals surface area contributed by atoms with Crippen LogP contribution in [0.15, 0.2) is 18.2 Å². The first-order valence-electron chi connectivity index (χ1n) is 5.07. The number of nitrogens with zero attached hydrogens (tertiary/aromatic N) is 1. The van der Waals surface area contributed by atoms with Gasteiger partial charge in [-0.25, -0.2) is 0 Å². The number of nitrogens with two attached hydrogens (primary N) is 1. The Bertz CT molecular complexity index is 412. The van der Waals surface area contributed by atoms with Crippen LogP contribution in [0, 0.1) is 10.1 Å². The lowest BCUT2D eigenvalue weighted by Gasteiger charge is -2.18. The maximum absolute atomic E-state index is 10.9. The summed E-state index contributed by atoms with van der Waals surface area (Å²) in [5, 5.41) is 10.9. The van der Waals surface area contributed by atoms with Crippen molar-refractivity contribution in [1.82, 2.24) is 0 Å². The highest BCUT2D eigenvalue weighted by Gasteiger charge is 2.19. The lowest BCUT2D eigenvalue weighted by molar-refractivity contribution is -0.386. The zero-order valence-electron chi connectivity index (χ0n) is 10.1. The van der Waals surface area contributed by atoms with Crippen molar-refractivity contribution >= 4 is 5.69 Å². The third-order valence-corrected chi connectivity index (χ3v) is 1.96. The normalized spacial score (nSPS) is 11.1. The van der Waals surface area contributed by atoms with Crippen LogP contribution in [-0.4, -0.2) is 24.2 Å². The van der Waals surface area contributed by atoms with Gasteiger partial charge in [-0.15, -0.1) is 0 Å². The fourth-order valence-corrected chi connectivity index (χ4v) is 1.15. The summed E-state index contributed by atoms with van der Waals surface area (Å²) in [7, 11) is 1.45. The van der Waals surface area contributed by atoms with E-state index < -0.39 is 10.5 Å². The molecular weight excluding hydrogens is 224 g/mol. The highest BCUT2D eigenvalue weighted by Crippen LogP contribution is 2.31. The summed E-state index contributed by atoms with van der Waals surface area (Å²) in [5.41, 5.74) is 5.07. The van der Waals surface area contributed by atoms with Crippen molar-refractivity contribution < 1.29 is 14.4 Å². The minimum absolute atomic E-state index is 0.131. The van der Waals surface area contributed by atoms with Crippen molar-refractivity contribution in [1.29, 1.82) is 0 Å². The van der Waals surface area contributed by atoms with Crippen LogP contribution in [0.5, 0.6) is 11.5 Å². The van der Waals surface area contributed by atoms with Gasteiger partial charge in [0.25, 0.3) is 0 Å². The van der Waals surface area contributed by atoms with Gasteiger partial charge in [-0.05, 0) is 26.0 Å². The minimum atomic E-state index is -0.548. The number of ether oxygens (including phenoxy) is 2. The fourth-order valence-electron chi connectivity index (χ4n) is 1.15. The molecule has 0 heterocycles. The first kappa shape index (κ1) is 13.2. The maximum Gasteiger partial charge on any atom is 0.314 e. The zero-order chi connectivity index (χ0) is 13.1. The molecule has 0 saturated heterocycles. The molecule has 94 valence electrons. The van der Waals surface area contributed by atoms with E-state index in [0.29, 0.717) is 5.75 Å². The van der Waals surface area contributed by atoms with E-state index in [9.17, 15) is 10.1 Å². The van der Waals surface area contributed by atoms with Crippen molar-refractivity contribution in [3.8, 4) is 11.5 Å². The van der Waals surface area contributed by atoms with Crippen molar-refractivity contribution in [2.75, 3.05) is 13.7 Å². The molecule has 6 nitrogen and oxygen atoms in total. The molecule has 1 rings (SSSR count). The second-order valence-electron chi connectivity index (χ2n) is 4.37. The van der Waals surface area contributed by atoms with Gasteiger partial charge in [-0.2, -0.15) is 0 Å². The predicted molar refractivity (Wildman–Crippen MR) is 63.4 cm³/mol. The third kappa shape index (κ3) is 3.92. The highest BCUT2D eigenvalue weighted by molar-refractivity contribution is 5.50. The lowest BCUT2D eigenvalue weighted by atomic mass is 10.1. The van der Waals surface area contributed by atoms with Crippen LogP contribution < -0.4 is 15.2 Å². The van der Waals surface area contributed by atoms with Crippen LogP contribution in [0.1, 0.15) is 13.8 Å². The summed E-state index contributed by atoms with van der Waals surface area (Å²) < 4.78 is 10.3. The molecule has 1 aromatic carbocycles. The zero-order valence-corrected chi connectivity index (χ0v) is 10.1. The number of benzene rings is 1. The Kier molecular flexibility index (Phi) is 3.90. The summed E-state index contributed by atoms with van der Waals surface area (Å²) >= 11 is 0. The molecule has 0 saturated carbocycles. The van der Waals surface area contributed by atoms with E-state index in [1.54, 1.807) is 19.9 Å². The molecule has 0 fully saturated rings. The van der Waals surface area contributed by atoms with Gasteiger partial charge in [-0.1, -0.05) is 0 Å². The van der Waals surface area contributed by atoms with Gasteiger partial charge in [0.2, 0.25) is 0 Å². The van der Waals surface area contributed by atoms with E-state index in [2.05, 4.69) is 0 Å².